The first-order valence-electron chi connectivity index (χ1n) is 6.43. The Kier molecular flexibility index (Phi) is 5.15. The molecule has 0 amide bonds. The van der Waals surface area contributed by atoms with E-state index in [4.69, 9.17) is 0 Å². The lowest BCUT2D eigenvalue weighted by Crippen LogP contribution is -1.89. The number of anilines is 2. The summed E-state index contributed by atoms with van der Waals surface area (Å²) in [5.74, 6) is 1.20. The smallest absolute Gasteiger partial charge is 0.0395 e. The summed E-state index contributed by atoms with van der Waals surface area (Å²) >= 11 is 1.93. The topological polar surface area (TPSA) is 12.0 Å². The van der Waals surface area contributed by atoms with Gasteiger partial charge in [0, 0.05) is 16.3 Å². The van der Waals surface area contributed by atoms with Crippen LogP contribution in [0.15, 0.2) is 59.5 Å². The maximum absolute atomic E-state index is 3.42. The fourth-order valence-electron chi connectivity index (χ4n) is 1.69. The second kappa shape index (κ2) is 7.12. The van der Waals surface area contributed by atoms with E-state index in [1.165, 1.54) is 23.5 Å². The highest BCUT2D eigenvalue weighted by atomic mass is 32.2. The van der Waals surface area contributed by atoms with Gasteiger partial charge in [0.1, 0.15) is 0 Å². The molecule has 2 aromatic carbocycles. The van der Waals surface area contributed by atoms with Crippen LogP contribution in [0.1, 0.15) is 19.8 Å². The normalized spacial score (nSPS) is 10.3. The molecule has 0 fully saturated rings. The molecule has 0 aliphatic heterocycles. The van der Waals surface area contributed by atoms with E-state index in [0.29, 0.717) is 0 Å². The fourth-order valence-corrected chi connectivity index (χ4v) is 2.74. The third-order valence-electron chi connectivity index (χ3n) is 2.66. The van der Waals surface area contributed by atoms with Gasteiger partial charge in [0.25, 0.3) is 0 Å². The first-order chi connectivity index (χ1) is 8.88. The number of hydrogen-bond donors (Lipinski definition) is 1. The molecule has 0 spiro atoms. The predicted octanol–water partition coefficient (Wildman–Crippen LogP) is 5.32. The van der Waals surface area contributed by atoms with Crippen molar-refractivity contribution in [3.63, 3.8) is 0 Å². The lowest BCUT2D eigenvalue weighted by molar-refractivity contribution is 0.896. The zero-order valence-corrected chi connectivity index (χ0v) is 11.5. The molecule has 2 heteroatoms. The number of para-hydroxylation sites is 1. The van der Waals surface area contributed by atoms with Crippen molar-refractivity contribution >= 4 is 23.1 Å². The Hall–Kier alpha value is -1.41. The number of benzene rings is 2. The minimum Gasteiger partial charge on any atom is -0.355 e. The Bertz CT molecular complexity index is 468. The van der Waals surface area contributed by atoms with E-state index in [0.717, 1.165) is 11.4 Å². The summed E-state index contributed by atoms with van der Waals surface area (Å²) in [6.45, 7) is 2.23. The van der Waals surface area contributed by atoms with E-state index in [-0.39, 0.29) is 0 Å². The van der Waals surface area contributed by atoms with Crippen LogP contribution in [0, 0.1) is 0 Å². The van der Waals surface area contributed by atoms with Crippen LogP contribution in [-0.2, 0) is 0 Å². The van der Waals surface area contributed by atoms with Crippen LogP contribution in [0.4, 0.5) is 11.4 Å². The van der Waals surface area contributed by atoms with Gasteiger partial charge >= 0.3 is 0 Å². The summed E-state index contributed by atoms with van der Waals surface area (Å²) in [4.78, 5) is 1.34. The van der Waals surface area contributed by atoms with E-state index >= 15 is 0 Å². The summed E-state index contributed by atoms with van der Waals surface area (Å²) in [7, 11) is 0. The molecule has 0 bridgehead atoms. The third kappa shape index (κ3) is 4.11. The second-order valence-electron chi connectivity index (χ2n) is 4.22. The first-order valence-corrected chi connectivity index (χ1v) is 7.42. The highest BCUT2D eigenvalue weighted by molar-refractivity contribution is 7.99. The van der Waals surface area contributed by atoms with E-state index < -0.39 is 0 Å². The molecule has 0 saturated heterocycles. The van der Waals surface area contributed by atoms with E-state index in [9.17, 15) is 0 Å². The van der Waals surface area contributed by atoms with Gasteiger partial charge in [0.15, 0.2) is 0 Å². The van der Waals surface area contributed by atoms with Crippen molar-refractivity contribution in [2.45, 2.75) is 24.7 Å². The molecule has 94 valence electrons. The van der Waals surface area contributed by atoms with Gasteiger partial charge in [-0.05, 0) is 42.5 Å². The van der Waals surface area contributed by atoms with Crippen LogP contribution < -0.4 is 5.32 Å². The van der Waals surface area contributed by atoms with Gasteiger partial charge in [-0.25, -0.2) is 0 Å². The van der Waals surface area contributed by atoms with Crippen molar-refractivity contribution < 1.29 is 0 Å². The van der Waals surface area contributed by atoms with Gasteiger partial charge in [-0.2, -0.15) is 0 Å². The maximum Gasteiger partial charge on any atom is 0.0395 e. The summed E-state index contributed by atoms with van der Waals surface area (Å²) < 4.78 is 0. The number of unbranched alkanes of at least 4 members (excludes halogenated alkanes) is 1. The number of nitrogens with one attached hydrogen (secondary N) is 1. The molecule has 0 aliphatic rings. The molecule has 0 heterocycles. The predicted molar refractivity (Wildman–Crippen MR) is 81.8 cm³/mol. The quantitative estimate of drug-likeness (QED) is 0.555. The van der Waals surface area contributed by atoms with Crippen LogP contribution in [0.25, 0.3) is 0 Å². The number of rotatable bonds is 6. The third-order valence-corrected chi connectivity index (χ3v) is 3.74. The Balaban J connectivity index is 1.99. The Morgan fingerprint density at radius 1 is 0.944 bits per heavy atom. The molecular formula is C16H19NS. The minimum absolute atomic E-state index is 1.13. The molecule has 1 nitrogen and oxygen atoms in total. The Labute approximate surface area is 114 Å². The SMILES string of the molecule is CCCCSc1cccc(Nc2ccccc2)c1. The maximum atomic E-state index is 3.42. The van der Waals surface area contributed by atoms with Crippen LogP contribution in [0.2, 0.25) is 0 Å². The Morgan fingerprint density at radius 2 is 1.72 bits per heavy atom. The highest BCUT2D eigenvalue weighted by Gasteiger charge is 1.97. The summed E-state index contributed by atoms with van der Waals surface area (Å²) in [6, 6.07) is 18.9. The van der Waals surface area contributed by atoms with Crippen LogP contribution in [-0.4, -0.2) is 5.75 Å². The van der Waals surface area contributed by atoms with Crippen molar-refractivity contribution in [2.24, 2.45) is 0 Å². The van der Waals surface area contributed by atoms with Gasteiger partial charge in [0.05, 0.1) is 0 Å². The van der Waals surface area contributed by atoms with Crippen molar-refractivity contribution in [2.75, 3.05) is 11.1 Å². The first kappa shape index (κ1) is 13.0. The van der Waals surface area contributed by atoms with E-state index in [1.54, 1.807) is 0 Å². The molecule has 0 unspecified atom stereocenters. The number of hydrogen-bond acceptors (Lipinski definition) is 2. The van der Waals surface area contributed by atoms with Gasteiger partial charge < -0.3 is 5.32 Å². The molecule has 0 radical (unpaired) electrons. The van der Waals surface area contributed by atoms with Crippen LogP contribution in [0.3, 0.4) is 0 Å². The van der Waals surface area contributed by atoms with Crippen molar-refractivity contribution in [1.29, 1.82) is 0 Å². The summed E-state index contributed by atoms with van der Waals surface area (Å²) in [5.41, 5.74) is 2.29. The largest absolute Gasteiger partial charge is 0.355 e. The van der Waals surface area contributed by atoms with Crippen molar-refractivity contribution in [3.8, 4) is 0 Å². The second-order valence-corrected chi connectivity index (χ2v) is 5.39. The van der Waals surface area contributed by atoms with Gasteiger partial charge in [-0.1, -0.05) is 37.6 Å². The van der Waals surface area contributed by atoms with Crippen molar-refractivity contribution in [1.82, 2.24) is 0 Å². The molecule has 1 N–H and O–H groups in total. The van der Waals surface area contributed by atoms with Crippen LogP contribution in [0.5, 0.6) is 0 Å². The molecule has 0 aliphatic carbocycles. The molecule has 0 aromatic heterocycles. The van der Waals surface area contributed by atoms with Crippen LogP contribution >= 0.6 is 11.8 Å². The standard InChI is InChI=1S/C16H19NS/c1-2-3-12-18-16-11-7-10-15(13-16)17-14-8-5-4-6-9-14/h4-11,13,17H,2-3,12H2,1H3. The fraction of sp³-hybridized carbons (Fsp3) is 0.250. The van der Waals surface area contributed by atoms with Gasteiger partial charge in [-0.3, -0.25) is 0 Å². The highest BCUT2D eigenvalue weighted by Crippen LogP contribution is 2.24. The van der Waals surface area contributed by atoms with Crippen molar-refractivity contribution in [3.05, 3.63) is 54.6 Å². The average molecular weight is 257 g/mol. The van der Waals surface area contributed by atoms with E-state index in [1.807, 2.05) is 30.0 Å². The lowest BCUT2D eigenvalue weighted by atomic mass is 10.3. The molecule has 2 aromatic rings. The molecule has 2 rings (SSSR count). The van der Waals surface area contributed by atoms with E-state index in [2.05, 4.69) is 48.6 Å². The molecule has 18 heavy (non-hydrogen) atoms. The monoisotopic (exact) mass is 257 g/mol. The Morgan fingerprint density at radius 3 is 2.50 bits per heavy atom. The lowest BCUT2D eigenvalue weighted by Gasteiger charge is -2.08. The molecule has 0 atom stereocenters. The minimum atomic E-state index is 1.13. The zero-order valence-electron chi connectivity index (χ0n) is 10.7. The molecule has 0 saturated carbocycles. The zero-order chi connectivity index (χ0) is 12.6. The molecular weight excluding hydrogens is 238 g/mol. The number of thioether (sulfide) groups is 1. The van der Waals surface area contributed by atoms with Gasteiger partial charge in [0.2, 0.25) is 0 Å². The summed E-state index contributed by atoms with van der Waals surface area (Å²) in [6.07, 6.45) is 2.54. The summed E-state index contributed by atoms with van der Waals surface area (Å²) in [5, 5.41) is 3.42. The average Bonchev–Trinajstić information content (AvgIpc) is 2.41. The van der Waals surface area contributed by atoms with Gasteiger partial charge in [-0.15, -0.1) is 11.8 Å².